The fraction of sp³-hybridized carbons (Fsp3) is 0.400. The van der Waals surface area contributed by atoms with Crippen molar-refractivity contribution in [2.24, 2.45) is 0 Å². The molecule has 3 heterocycles. The Morgan fingerprint density at radius 3 is 2.69 bits per heavy atom. The van der Waals surface area contributed by atoms with E-state index in [4.69, 9.17) is 11.6 Å². The summed E-state index contributed by atoms with van der Waals surface area (Å²) < 4.78 is 0. The first kappa shape index (κ1) is 16.5. The van der Waals surface area contributed by atoms with Crippen LogP contribution in [0.1, 0.15) is 24.0 Å². The second kappa shape index (κ2) is 6.80. The lowest BCUT2D eigenvalue weighted by molar-refractivity contribution is 0.586. The molecule has 0 radical (unpaired) electrons. The van der Waals surface area contributed by atoms with Crippen LogP contribution in [0.5, 0.6) is 0 Å². The number of benzene rings is 1. The van der Waals surface area contributed by atoms with Gasteiger partial charge in [-0.1, -0.05) is 18.2 Å². The number of thiophene rings is 1. The van der Waals surface area contributed by atoms with Gasteiger partial charge in [-0.2, -0.15) is 4.98 Å². The van der Waals surface area contributed by atoms with Crippen molar-refractivity contribution in [3.05, 3.63) is 40.0 Å². The zero-order valence-electron chi connectivity index (χ0n) is 14.6. The minimum absolute atomic E-state index is 0.338. The van der Waals surface area contributed by atoms with E-state index in [1.54, 1.807) is 11.3 Å². The van der Waals surface area contributed by atoms with Crippen molar-refractivity contribution in [2.75, 3.05) is 31.1 Å². The number of aryl methyl sites for hydroxylation is 2. The molecular formula is C20H21ClN4S. The van der Waals surface area contributed by atoms with Crippen molar-refractivity contribution in [2.45, 2.75) is 25.7 Å². The van der Waals surface area contributed by atoms with Gasteiger partial charge in [0.1, 0.15) is 10.6 Å². The van der Waals surface area contributed by atoms with Gasteiger partial charge in [0.05, 0.1) is 5.39 Å². The molecule has 1 aliphatic carbocycles. The van der Waals surface area contributed by atoms with Gasteiger partial charge < -0.3 is 10.2 Å². The van der Waals surface area contributed by atoms with Crippen molar-refractivity contribution in [3.63, 3.8) is 0 Å². The van der Waals surface area contributed by atoms with Crippen LogP contribution in [0, 0.1) is 0 Å². The maximum atomic E-state index is 6.24. The van der Waals surface area contributed by atoms with E-state index >= 15 is 0 Å². The van der Waals surface area contributed by atoms with Crippen molar-refractivity contribution >= 4 is 39.0 Å². The molecule has 4 nitrogen and oxygen atoms in total. The molecule has 0 saturated carbocycles. The summed E-state index contributed by atoms with van der Waals surface area (Å²) >= 11 is 7.90. The summed E-state index contributed by atoms with van der Waals surface area (Å²) in [6.45, 7) is 3.84. The van der Waals surface area contributed by atoms with Crippen molar-refractivity contribution < 1.29 is 0 Å². The molecule has 0 atom stereocenters. The molecule has 1 aliphatic heterocycles. The van der Waals surface area contributed by atoms with Gasteiger partial charge in [0.2, 0.25) is 5.28 Å². The minimum atomic E-state index is 0.338. The lowest BCUT2D eigenvalue weighted by atomic mass is 9.89. The number of aromatic nitrogens is 2. The van der Waals surface area contributed by atoms with Crippen LogP contribution in [0.25, 0.3) is 21.3 Å². The number of halogens is 1. The first-order valence-corrected chi connectivity index (χ1v) is 10.6. The normalized spacial score (nSPS) is 17.5. The largest absolute Gasteiger partial charge is 0.353 e. The smallest absolute Gasteiger partial charge is 0.225 e. The average Bonchev–Trinajstić information content (AvgIpc) is 3.11. The van der Waals surface area contributed by atoms with Crippen LogP contribution in [0.4, 0.5) is 5.82 Å². The van der Waals surface area contributed by atoms with Crippen LogP contribution in [0.2, 0.25) is 5.28 Å². The Balaban J connectivity index is 1.66. The van der Waals surface area contributed by atoms with Gasteiger partial charge in [0.15, 0.2) is 0 Å². The highest BCUT2D eigenvalue weighted by atomic mass is 35.5. The molecule has 2 aliphatic rings. The lowest BCUT2D eigenvalue weighted by Crippen LogP contribution is -2.44. The predicted molar refractivity (Wildman–Crippen MR) is 110 cm³/mol. The summed E-state index contributed by atoms with van der Waals surface area (Å²) in [4.78, 5) is 12.4. The predicted octanol–water partition coefficient (Wildman–Crippen LogP) is 4.30. The quantitative estimate of drug-likeness (QED) is 0.669. The van der Waals surface area contributed by atoms with Crippen molar-refractivity contribution in [1.29, 1.82) is 0 Å². The molecule has 134 valence electrons. The highest BCUT2D eigenvalue weighted by Crippen LogP contribution is 2.40. The second-order valence-electron chi connectivity index (χ2n) is 7.07. The molecule has 0 bridgehead atoms. The summed E-state index contributed by atoms with van der Waals surface area (Å²) in [5, 5.41) is 7.11. The number of nitrogens with zero attached hydrogens (tertiary/aromatic N) is 3. The van der Waals surface area contributed by atoms with Crippen LogP contribution in [0.3, 0.4) is 0 Å². The van der Waals surface area contributed by atoms with E-state index in [1.165, 1.54) is 47.9 Å². The molecule has 1 saturated heterocycles. The number of fused-ring (bicyclic) bond motifs is 2. The third kappa shape index (κ3) is 2.88. The summed E-state index contributed by atoms with van der Waals surface area (Å²) in [5.41, 5.74) is 5.54. The number of piperazine rings is 1. The third-order valence-corrected chi connectivity index (χ3v) is 6.50. The number of hydrogen-bond acceptors (Lipinski definition) is 5. The maximum absolute atomic E-state index is 6.24. The summed E-state index contributed by atoms with van der Waals surface area (Å²) in [5.74, 6) is 0.982. The summed E-state index contributed by atoms with van der Waals surface area (Å²) in [7, 11) is 0. The molecule has 1 N–H and O–H groups in total. The van der Waals surface area contributed by atoms with Gasteiger partial charge in [-0.15, -0.1) is 11.3 Å². The van der Waals surface area contributed by atoms with Crippen LogP contribution < -0.4 is 10.2 Å². The minimum Gasteiger partial charge on any atom is -0.353 e. The molecular weight excluding hydrogens is 364 g/mol. The van der Waals surface area contributed by atoms with Gasteiger partial charge >= 0.3 is 0 Å². The molecule has 0 unspecified atom stereocenters. The maximum Gasteiger partial charge on any atom is 0.225 e. The van der Waals surface area contributed by atoms with E-state index in [0.717, 1.165) is 42.2 Å². The van der Waals surface area contributed by atoms with E-state index in [2.05, 4.69) is 43.8 Å². The number of nitrogens with one attached hydrogen (secondary N) is 1. The molecule has 2 aromatic heterocycles. The highest BCUT2D eigenvalue weighted by Gasteiger charge is 2.21. The van der Waals surface area contributed by atoms with Gasteiger partial charge in [-0.05, 0) is 54.0 Å². The Morgan fingerprint density at radius 2 is 1.85 bits per heavy atom. The van der Waals surface area contributed by atoms with Crippen molar-refractivity contribution in [1.82, 2.24) is 15.3 Å². The van der Waals surface area contributed by atoms with Crippen molar-refractivity contribution in [3.8, 4) is 11.1 Å². The van der Waals surface area contributed by atoms with E-state index in [0.29, 0.717) is 5.28 Å². The molecule has 1 aromatic carbocycles. The van der Waals surface area contributed by atoms with Gasteiger partial charge in [-0.3, -0.25) is 0 Å². The average molecular weight is 385 g/mol. The SMILES string of the molecule is Clc1nc(N2CCNCC2)c2c(-c3ccc4c(c3)CCCC4)csc2n1. The lowest BCUT2D eigenvalue weighted by Gasteiger charge is -2.29. The van der Waals surface area contributed by atoms with Crippen LogP contribution in [0.15, 0.2) is 23.6 Å². The molecule has 26 heavy (non-hydrogen) atoms. The van der Waals surface area contributed by atoms with Gasteiger partial charge in [0.25, 0.3) is 0 Å². The fourth-order valence-electron chi connectivity index (χ4n) is 4.12. The molecule has 0 spiro atoms. The van der Waals surface area contributed by atoms with E-state index in [9.17, 15) is 0 Å². The second-order valence-corrected chi connectivity index (χ2v) is 8.27. The van der Waals surface area contributed by atoms with Gasteiger partial charge in [0, 0.05) is 37.1 Å². The number of hydrogen-bond donors (Lipinski definition) is 1. The zero-order chi connectivity index (χ0) is 17.5. The summed E-state index contributed by atoms with van der Waals surface area (Å²) in [6, 6.07) is 6.96. The fourth-order valence-corrected chi connectivity index (χ4v) is 5.27. The highest BCUT2D eigenvalue weighted by molar-refractivity contribution is 7.17. The zero-order valence-corrected chi connectivity index (χ0v) is 16.2. The van der Waals surface area contributed by atoms with E-state index in [1.807, 2.05) is 0 Å². The van der Waals surface area contributed by atoms with E-state index in [-0.39, 0.29) is 0 Å². The third-order valence-electron chi connectivity index (χ3n) is 5.46. The first-order valence-electron chi connectivity index (χ1n) is 9.32. The molecule has 6 heteroatoms. The molecule has 3 aromatic rings. The summed E-state index contributed by atoms with van der Waals surface area (Å²) in [6.07, 6.45) is 5.02. The number of anilines is 1. The molecule has 1 fully saturated rings. The standard InChI is InChI=1S/C20H21ClN4S/c21-20-23-18(25-9-7-22-8-10-25)17-16(12-26-19(17)24-20)15-6-5-13-3-1-2-4-14(13)11-15/h5-6,11-12,22H,1-4,7-10H2. The molecule has 5 rings (SSSR count). The Morgan fingerprint density at radius 1 is 1.04 bits per heavy atom. The Labute approximate surface area is 162 Å². The monoisotopic (exact) mass is 384 g/mol. The topological polar surface area (TPSA) is 41.1 Å². The number of rotatable bonds is 2. The van der Waals surface area contributed by atoms with Crippen LogP contribution in [-0.4, -0.2) is 36.1 Å². The van der Waals surface area contributed by atoms with Gasteiger partial charge in [-0.25, -0.2) is 4.98 Å². The van der Waals surface area contributed by atoms with Crippen LogP contribution in [-0.2, 0) is 12.8 Å². The van der Waals surface area contributed by atoms with E-state index < -0.39 is 0 Å². The Kier molecular flexibility index (Phi) is 4.31. The Hall–Kier alpha value is -1.69. The first-order chi connectivity index (χ1) is 12.8. The molecule has 0 amide bonds. The van der Waals surface area contributed by atoms with Crippen LogP contribution >= 0.6 is 22.9 Å². The Bertz CT molecular complexity index is 962.